The summed E-state index contributed by atoms with van der Waals surface area (Å²) in [6, 6.07) is 5.59. The van der Waals surface area contributed by atoms with E-state index in [1.807, 2.05) is 31.2 Å². The molecule has 0 fully saturated rings. The number of alkyl carbamates (subject to hydrolysis) is 1. The van der Waals surface area contributed by atoms with Crippen LogP contribution >= 0.6 is 0 Å². The summed E-state index contributed by atoms with van der Waals surface area (Å²) in [7, 11) is 0. The van der Waals surface area contributed by atoms with Crippen LogP contribution in [0.3, 0.4) is 0 Å². The molecule has 2 unspecified atom stereocenters. The molecule has 2 aliphatic heterocycles. The summed E-state index contributed by atoms with van der Waals surface area (Å²) in [6.07, 6.45) is 3.54. The highest BCUT2D eigenvalue weighted by Crippen LogP contribution is 2.27. The van der Waals surface area contributed by atoms with Crippen molar-refractivity contribution in [1.29, 1.82) is 0 Å². The Kier molecular flexibility index (Phi) is 4.01. The summed E-state index contributed by atoms with van der Waals surface area (Å²) in [6.45, 7) is 2.82. The third-order valence-electron chi connectivity index (χ3n) is 4.25. The Morgan fingerprint density at radius 2 is 2.24 bits per heavy atom. The van der Waals surface area contributed by atoms with Crippen molar-refractivity contribution in [3.63, 3.8) is 0 Å². The summed E-state index contributed by atoms with van der Waals surface area (Å²) in [4.78, 5) is 11.9. The molecule has 1 aromatic heterocycles. The van der Waals surface area contributed by atoms with Crippen LogP contribution in [0.2, 0.25) is 0 Å². The van der Waals surface area contributed by atoms with Gasteiger partial charge in [0.05, 0.1) is 24.4 Å². The lowest BCUT2D eigenvalue weighted by Gasteiger charge is -2.24. The smallest absolute Gasteiger partial charge is 0.407 e. The van der Waals surface area contributed by atoms with Crippen LogP contribution in [-0.4, -0.2) is 47.8 Å². The molecule has 0 radical (unpaired) electrons. The van der Waals surface area contributed by atoms with Crippen LogP contribution in [-0.2, 0) is 4.74 Å². The molecule has 0 saturated carbocycles. The second-order valence-electron chi connectivity index (χ2n) is 6.05. The van der Waals surface area contributed by atoms with E-state index in [-0.39, 0.29) is 12.1 Å². The van der Waals surface area contributed by atoms with E-state index >= 15 is 0 Å². The molecule has 4 bridgehead atoms. The number of hydrazone groups is 1. The third kappa shape index (κ3) is 3.15. The van der Waals surface area contributed by atoms with Crippen molar-refractivity contribution in [1.82, 2.24) is 20.9 Å². The Morgan fingerprint density at radius 3 is 3.16 bits per heavy atom. The Morgan fingerprint density at radius 1 is 1.32 bits per heavy atom. The molecule has 2 atom stereocenters. The zero-order valence-corrected chi connectivity index (χ0v) is 13.8. The molecule has 0 aliphatic carbocycles. The van der Waals surface area contributed by atoms with Gasteiger partial charge in [-0.3, -0.25) is 10.5 Å². The van der Waals surface area contributed by atoms with Crippen molar-refractivity contribution in [3.05, 3.63) is 30.0 Å². The summed E-state index contributed by atoms with van der Waals surface area (Å²) >= 11 is 0. The molecule has 2 aliphatic rings. The van der Waals surface area contributed by atoms with Crippen molar-refractivity contribution in [2.24, 2.45) is 5.10 Å². The largest absolute Gasteiger partial charge is 0.494 e. The Hall–Kier alpha value is -3.03. The molecule has 4 rings (SSSR count). The quantitative estimate of drug-likeness (QED) is 0.678. The van der Waals surface area contributed by atoms with Crippen molar-refractivity contribution in [2.45, 2.75) is 25.5 Å². The fourth-order valence-electron chi connectivity index (χ4n) is 2.89. The number of carbonyl (C=O) groups is 1. The molecule has 130 valence electrons. The van der Waals surface area contributed by atoms with Crippen LogP contribution < -0.4 is 15.5 Å². The van der Waals surface area contributed by atoms with Crippen LogP contribution in [0, 0.1) is 0 Å². The van der Waals surface area contributed by atoms with E-state index in [2.05, 4.69) is 26.0 Å². The highest BCUT2D eigenvalue weighted by atomic mass is 16.6. The molecular formula is C17H19N5O3. The number of fused-ring (bicyclic) bond motifs is 3. The van der Waals surface area contributed by atoms with Crippen LogP contribution in [0.25, 0.3) is 16.5 Å². The van der Waals surface area contributed by atoms with Gasteiger partial charge in [-0.05, 0) is 37.6 Å². The molecule has 8 heteroatoms. The van der Waals surface area contributed by atoms with Crippen molar-refractivity contribution >= 4 is 28.8 Å². The average Bonchev–Trinajstić information content (AvgIpc) is 3.04. The number of aromatic nitrogens is 2. The summed E-state index contributed by atoms with van der Waals surface area (Å²) in [5.74, 6) is 0.768. The number of benzene rings is 1. The number of carbonyl (C=O) groups excluding carboxylic acids is 1. The van der Waals surface area contributed by atoms with Gasteiger partial charge in [-0.25, -0.2) is 4.79 Å². The number of ether oxygens (including phenoxy) is 2. The number of hydrogen-bond donors (Lipinski definition) is 3. The third-order valence-corrected chi connectivity index (χ3v) is 4.25. The highest BCUT2D eigenvalue weighted by molar-refractivity contribution is 6.14. The minimum absolute atomic E-state index is 0.234. The predicted octanol–water partition coefficient (Wildman–Crippen LogP) is 1.80. The van der Waals surface area contributed by atoms with Crippen molar-refractivity contribution in [3.8, 4) is 5.75 Å². The zero-order chi connectivity index (χ0) is 17.2. The Bertz CT molecular complexity index is 857. The van der Waals surface area contributed by atoms with Gasteiger partial charge in [-0.2, -0.15) is 10.2 Å². The number of allylic oxidation sites excluding steroid dienone is 1. The first-order valence-corrected chi connectivity index (χ1v) is 8.27. The van der Waals surface area contributed by atoms with Gasteiger partial charge < -0.3 is 14.8 Å². The van der Waals surface area contributed by atoms with Crippen LogP contribution in [0.5, 0.6) is 5.75 Å². The van der Waals surface area contributed by atoms with Gasteiger partial charge >= 0.3 is 6.09 Å². The first-order chi connectivity index (χ1) is 12.2. The van der Waals surface area contributed by atoms with Crippen molar-refractivity contribution < 1.29 is 14.3 Å². The number of nitrogens with one attached hydrogen (secondary N) is 3. The maximum Gasteiger partial charge on any atom is 0.407 e. The number of H-pyrrole nitrogens is 1. The highest BCUT2D eigenvalue weighted by Gasteiger charge is 2.23. The van der Waals surface area contributed by atoms with Gasteiger partial charge in [-0.15, -0.1) is 0 Å². The maximum atomic E-state index is 11.9. The minimum Gasteiger partial charge on any atom is -0.494 e. The second kappa shape index (κ2) is 6.46. The molecule has 0 spiro atoms. The van der Waals surface area contributed by atoms with E-state index in [0.29, 0.717) is 19.6 Å². The molecule has 2 aromatic rings. The van der Waals surface area contributed by atoms with E-state index < -0.39 is 6.09 Å². The molecule has 25 heavy (non-hydrogen) atoms. The molecule has 8 nitrogen and oxygen atoms in total. The lowest BCUT2D eigenvalue weighted by atomic mass is 10.0. The van der Waals surface area contributed by atoms with E-state index in [0.717, 1.165) is 27.9 Å². The number of nitrogens with zero attached hydrogens (tertiary/aromatic N) is 2. The first kappa shape index (κ1) is 15.5. The van der Waals surface area contributed by atoms with Gasteiger partial charge in [0.15, 0.2) is 0 Å². The lowest BCUT2D eigenvalue weighted by molar-refractivity contribution is 0.0934. The monoisotopic (exact) mass is 341 g/mol. The van der Waals surface area contributed by atoms with Crippen LogP contribution in [0.15, 0.2) is 29.4 Å². The standard InChI is InChI=1S/C17H19N5O3/c1-10-15-7-11(9-19-20-15)16-13-8-12(3-4-14(13)21-22-16)24-6-2-5-18-17(23)25-10/h3-4,7-10,15,20H,2,5-6H2,1H3,(H,18,23)(H,21,22). The second-order valence-corrected chi connectivity index (χ2v) is 6.05. The van der Waals surface area contributed by atoms with Crippen molar-refractivity contribution in [2.75, 3.05) is 13.2 Å². The molecule has 1 amide bonds. The molecular weight excluding hydrogens is 322 g/mol. The molecule has 0 saturated heterocycles. The number of aromatic amines is 1. The van der Waals surface area contributed by atoms with Crippen LogP contribution in [0.1, 0.15) is 19.0 Å². The minimum atomic E-state index is -0.448. The summed E-state index contributed by atoms with van der Waals surface area (Å²) in [5, 5.41) is 15.3. The van der Waals surface area contributed by atoms with E-state index in [1.165, 1.54) is 0 Å². The fraction of sp³-hybridized carbons (Fsp3) is 0.353. The van der Waals surface area contributed by atoms with Gasteiger partial charge in [0.1, 0.15) is 17.5 Å². The summed E-state index contributed by atoms with van der Waals surface area (Å²) < 4.78 is 11.2. The fourth-order valence-corrected chi connectivity index (χ4v) is 2.89. The first-order valence-electron chi connectivity index (χ1n) is 8.27. The van der Waals surface area contributed by atoms with Crippen LogP contribution in [0.4, 0.5) is 4.79 Å². The van der Waals surface area contributed by atoms with E-state index in [9.17, 15) is 4.79 Å². The summed E-state index contributed by atoms with van der Waals surface area (Å²) in [5.41, 5.74) is 5.55. The molecule has 1 aromatic carbocycles. The Labute approximate surface area is 144 Å². The number of hydrogen-bond acceptors (Lipinski definition) is 6. The van der Waals surface area contributed by atoms with Gasteiger partial charge in [0, 0.05) is 17.5 Å². The van der Waals surface area contributed by atoms with E-state index in [4.69, 9.17) is 9.47 Å². The van der Waals surface area contributed by atoms with Gasteiger partial charge in [0.2, 0.25) is 0 Å². The molecule has 3 N–H and O–H groups in total. The predicted molar refractivity (Wildman–Crippen MR) is 93.5 cm³/mol. The van der Waals surface area contributed by atoms with E-state index in [1.54, 1.807) is 6.21 Å². The number of cyclic esters (lactones) is 1. The lowest BCUT2D eigenvalue weighted by Crippen LogP contribution is -2.41. The zero-order valence-electron chi connectivity index (χ0n) is 13.8. The maximum absolute atomic E-state index is 11.9. The topological polar surface area (TPSA) is 101 Å². The Balaban J connectivity index is 1.75. The van der Waals surface area contributed by atoms with Gasteiger partial charge in [-0.1, -0.05) is 0 Å². The SMILES string of the molecule is CC1OC(=O)NCCCOc2ccc3[nH]nc(c3c2)C2=CC1NN=C2. The number of amides is 1. The average molecular weight is 341 g/mol. The molecule has 3 heterocycles. The number of rotatable bonds is 0. The normalized spacial score (nSPS) is 23.6. The van der Waals surface area contributed by atoms with Gasteiger partial charge in [0.25, 0.3) is 0 Å².